The van der Waals surface area contributed by atoms with Crippen molar-refractivity contribution in [2.45, 2.75) is 12.2 Å². The lowest BCUT2D eigenvalue weighted by Crippen LogP contribution is -1.89. The second kappa shape index (κ2) is 3.94. The molecular formula is C10H11N3OS. The van der Waals surface area contributed by atoms with E-state index in [9.17, 15) is 0 Å². The zero-order valence-electron chi connectivity index (χ0n) is 8.21. The molecule has 0 aliphatic rings. The SMILES string of the molecule is CC(S)c1ccc(-c2coc(N)n2)nc1. The van der Waals surface area contributed by atoms with Crippen molar-refractivity contribution >= 4 is 18.6 Å². The standard InChI is InChI=1S/C10H11N3OS/c1-6(15)7-2-3-8(12-4-7)9-5-14-10(11)13-9/h2-6,15H,1H3,(H2,11,13). The van der Waals surface area contributed by atoms with Crippen LogP contribution in [0.1, 0.15) is 17.7 Å². The van der Waals surface area contributed by atoms with Gasteiger partial charge in [-0.2, -0.15) is 17.6 Å². The number of thiol groups is 1. The summed E-state index contributed by atoms with van der Waals surface area (Å²) in [7, 11) is 0. The Kier molecular flexibility index (Phi) is 2.64. The Balaban J connectivity index is 2.31. The fourth-order valence-corrected chi connectivity index (χ4v) is 1.36. The molecule has 1 unspecified atom stereocenters. The summed E-state index contributed by atoms with van der Waals surface area (Å²) in [4.78, 5) is 8.24. The van der Waals surface area contributed by atoms with E-state index in [2.05, 4.69) is 22.6 Å². The molecule has 15 heavy (non-hydrogen) atoms. The summed E-state index contributed by atoms with van der Waals surface area (Å²) >= 11 is 4.32. The number of nitrogens with two attached hydrogens (primary N) is 1. The van der Waals surface area contributed by atoms with Crippen molar-refractivity contribution in [2.24, 2.45) is 0 Å². The van der Waals surface area contributed by atoms with Crippen LogP contribution in [0.25, 0.3) is 11.4 Å². The van der Waals surface area contributed by atoms with Gasteiger partial charge in [-0.05, 0) is 18.6 Å². The Bertz CT molecular complexity index is 450. The van der Waals surface area contributed by atoms with E-state index in [4.69, 9.17) is 10.2 Å². The molecule has 0 aliphatic carbocycles. The molecular weight excluding hydrogens is 210 g/mol. The molecule has 0 saturated carbocycles. The molecule has 0 fully saturated rings. The van der Waals surface area contributed by atoms with Gasteiger partial charge in [-0.25, -0.2) is 0 Å². The van der Waals surface area contributed by atoms with E-state index in [1.807, 2.05) is 19.1 Å². The predicted molar refractivity (Wildman–Crippen MR) is 61.5 cm³/mol. The topological polar surface area (TPSA) is 64.9 Å². The third-order valence-corrected chi connectivity index (χ3v) is 2.35. The van der Waals surface area contributed by atoms with Crippen LogP contribution in [0.15, 0.2) is 29.0 Å². The summed E-state index contributed by atoms with van der Waals surface area (Å²) < 4.78 is 4.91. The monoisotopic (exact) mass is 221 g/mol. The predicted octanol–water partition coefficient (Wildman–Crippen LogP) is 2.31. The van der Waals surface area contributed by atoms with Crippen LogP contribution < -0.4 is 5.73 Å². The van der Waals surface area contributed by atoms with Crippen LogP contribution in [0.5, 0.6) is 0 Å². The van der Waals surface area contributed by atoms with Crippen molar-refractivity contribution in [3.05, 3.63) is 30.2 Å². The first-order valence-electron chi connectivity index (χ1n) is 4.52. The highest BCUT2D eigenvalue weighted by molar-refractivity contribution is 7.80. The van der Waals surface area contributed by atoms with Crippen molar-refractivity contribution in [1.29, 1.82) is 0 Å². The molecule has 0 amide bonds. The summed E-state index contributed by atoms with van der Waals surface area (Å²) in [6.07, 6.45) is 3.26. The zero-order valence-corrected chi connectivity index (χ0v) is 9.11. The van der Waals surface area contributed by atoms with Crippen LogP contribution in [0.3, 0.4) is 0 Å². The lowest BCUT2D eigenvalue weighted by Gasteiger charge is -2.03. The highest BCUT2D eigenvalue weighted by Crippen LogP contribution is 2.21. The maximum absolute atomic E-state index is 5.38. The Morgan fingerprint density at radius 1 is 1.40 bits per heavy atom. The maximum atomic E-state index is 5.38. The highest BCUT2D eigenvalue weighted by Gasteiger charge is 2.06. The fourth-order valence-electron chi connectivity index (χ4n) is 1.21. The van der Waals surface area contributed by atoms with Gasteiger partial charge in [0, 0.05) is 11.4 Å². The highest BCUT2D eigenvalue weighted by atomic mass is 32.1. The van der Waals surface area contributed by atoms with Gasteiger partial charge in [0.1, 0.15) is 12.0 Å². The van der Waals surface area contributed by atoms with Gasteiger partial charge in [0.05, 0.1) is 5.69 Å². The third-order valence-electron chi connectivity index (χ3n) is 2.05. The molecule has 0 bridgehead atoms. The molecule has 0 aromatic carbocycles. The van der Waals surface area contributed by atoms with Gasteiger partial charge < -0.3 is 10.2 Å². The molecule has 0 saturated heterocycles. The van der Waals surface area contributed by atoms with Crippen LogP contribution in [-0.4, -0.2) is 9.97 Å². The minimum atomic E-state index is 0.151. The number of hydrogen-bond donors (Lipinski definition) is 2. The Labute approximate surface area is 92.9 Å². The van der Waals surface area contributed by atoms with Crippen LogP contribution in [0.4, 0.5) is 6.01 Å². The van der Waals surface area contributed by atoms with E-state index < -0.39 is 0 Å². The number of aromatic nitrogens is 2. The van der Waals surface area contributed by atoms with Crippen molar-refractivity contribution in [3.63, 3.8) is 0 Å². The molecule has 78 valence electrons. The molecule has 0 aliphatic heterocycles. The molecule has 2 heterocycles. The fraction of sp³-hybridized carbons (Fsp3) is 0.200. The van der Waals surface area contributed by atoms with Gasteiger partial charge in [0.15, 0.2) is 0 Å². The van der Waals surface area contributed by atoms with Crippen LogP contribution in [-0.2, 0) is 0 Å². The van der Waals surface area contributed by atoms with Gasteiger partial charge in [0.2, 0.25) is 0 Å². The first-order chi connectivity index (χ1) is 7.16. The number of hydrogen-bond acceptors (Lipinski definition) is 5. The van der Waals surface area contributed by atoms with Crippen molar-refractivity contribution in [2.75, 3.05) is 5.73 Å². The normalized spacial score (nSPS) is 12.7. The number of nitrogens with zero attached hydrogens (tertiary/aromatic N) is 2. The third kappa shape index (κ3) is 2.12. The summed E-state index contributed by atoms with van der Waals surface area (Å²) in [6.45, 7) is 1.99. The van der Waals surface area contributed by atoms with Crippen LogP contribution in [0.2, 0.25) is 0 Å². The average Bonchev–Trinajstić information content (AvgIpc) is 2.65. The molecule has 1 atom stereocenters. The molecule has 0 radical (unpaired) electrons. The van der Waals surface area contributed by atoms with E-state index in [-0.39, 0.29) is 11.3 Å². The lowest BCUT2D eigenvalue weighted by atomic mass is 10.2. The van der Waals surface area contributed by atoms with Gasteiger partial charge in [-0.1, -0.05) is 6.07 Å². The smallest absolute Gasteiger partial charge is 0.292 e. The van der Waals surface area contributed by atoms with Gasteiger partial charge >= 0.3 is 0 Å². The molecule has 2 aromatic rings. The van der Waals surface area contributed by atoms with Crippen LogP contribution >= 0.6 is 12.6 Å². The quantitative estimate of drug-likeness (QED) is 0.764. The second-order valence-electron chi connectivity index (χ2n) is 3.22. The largest absolute Gasteiger partial charge is 0.432 e. The Morgan fingerprint density at radius 3 is 2.67 bits per heavy atom. The first kappa shape index (κ1) is 10.0. The minimum absolute atomic E-state index is 0.151. The van der Waals surface area contributed by atoms with Crippen molar-refractivity contribution < 1.29 is 4.42 Å². The summed E-state index contributed by atoms with van der Waals surface area (Å²) in [5, 5.41) is 0.175. The van der Waals surface area contributed by atoms with E-state index in [0.717, 1.165) is 11.3 Å². The van der Waals surface area contributed by atoms with Gasteiger partial charge in [-0.3, -0.25) is 4.98 Å². The molecule has 0 spiro atoms. The number of nitrogen functional groups attached to an aromatic ring is 1. The number of anilines is 1. The van der Waals surface area contributed by atoms with Gasteiger partial charge in [0.25, 0.3) is 6.01 Å². The van der Waals surface area contributed by atoms with E-state index >= 15 is 0 Å². The summed E-state index contributed by atoms with van der Waals surface area (Å²) in [6, 6.07) is 3.99. The van der Waals surface area contributed by atoms with Crippen LogP contribution in [0, 0.1) is 0 Å². The van der Waals surface area contributed by atoms with E-state index in [0.29, 0.717) is 5.69 Å². The van der Waals surface area contributed by atoms with Crippen molar-refractivity contribution in [1.82, 2.24) is 9.97 Å². The molecule has 2 rings (SSSR count). The number of pyridine rings is 1. The lowest BCUT2D eigenvalue weighted by molar-refractivity contribution is 0.581. The van der Waals surface area contributed by atoms with E-state index in [1.54, 1.807) is 6.20 Å². The van der Waals surface area contributed by atoms with Crippen molar-refractivity contribution in [3.8, 4) is 11.4 Å². The summed E-state index contributed by atoms with van der Waals surface area (Å²) in [5.74, 6) is 0. The van der Waals surface area contributed by atoms with Gasteiger partial charge in [-0.15, -0.1) is 0 Å². The summed E-state index contributed by atoms with van der Waals surface area (Å²) in [5.41, 5.74) is 7.83. The minimum Gasteiger partial charge on any atom is -0.432 e. The molecule has 5 heteroatoms. The first-order valence-corrected chi connectivity index (χ1v) is 5.04. The average molecular weight is 221 g/mol. The second-order valence-corrected chi connectivity index (χ2v) is 4.00. The zero-order chi connectivity index (χ0) is 10.8. The molecule has 4 nitrogen and oxygen atoms in total. The Hall–Kier alpha value is -1.49. The van der Waals surface area contributed by atoms with E-state index in [1.165, 1.54) is 6.26 Å². The number of rotatable bonds is 2. The molecule has 2 aromatic heterocycles. The number of oxazole rings is 1. The maximum Gasteiger partial charge on any atom is 0.292 e. The Morgan fingerprint density at radius 2 is 2.20 bits per heavy atom. The molecule has 2 N–H and O–H groups in total.